The minimum atomic E-state index is -1.15. The van der Waals surface area contributed by atoms with E-state index < -0.39 is 10.8 Å². The number of anilines is 1. The van der Waals surface area contributed by atoms with Crippen molar-refractivity contribution < 1.29 is 4.21 Å². The van der Waals surface area contributed by atoms with Gasteiger partial charge in [0.2, 0.25) is 0 Å². The van der Waals surface area contributed by atoms with Crippen molar-refractivity contribution in [1.82, 2.24) is 4.98 Å². The first-order chi connectivity index (χ1) is 8.16. The van der Waals surface area contributed by atoms with Crippen molar-refractivity contribution in [3.05, 3.63) is 52.8 Å². The van der Waals surface area contributed by atoms with E-state index in [9.17, 15) is 4.21 Å². The molecule has 3 nitrogen and oxygen atoms in total. The van der Waals surface area contributed by atoms with Crippen LogP contribution in [0.3, 0.4) is 0 Å². The summed E-state index contributed by atoms with van der Waals surface area (Å²) in [5.41, 5.74) is 7.30. The molecule has 0 radical (unpaired) electrons. The van der Waals surface area contributed by atoms with Gasteiger partial charge in [-0.3, -0.25) is 9.19 Å². The summed E-state index contributed by atoms with van der Waals surface area (Å²) in [5.74, 6) is 0.425. The van der Waals surface area contributed by atoms with E-state index in [4.69, 9.17) is 5.73 Å². The SMILES string of the molecule is Nc1ccc(Br)cc1S(=O)Cc1cccnc1. The molecule has 0 aliphatic carbocycles. The van der Waals surface area contributed by atoms with Crippen LogP contribution in [-0.4, -0.2) is 9.19 Å². The quantitative estimate of drug-likeness (QED) is 0.887. The molecule has 1 heterocycles. The molecule has 88 valence electrons. The minimum absolute atomic E-state index is 0.425. The van der Waals surface area contributed by atoms with E-state index in [2.05, 4.69) is 20.9 Å². The van der Waals surface area contributed by atoms with Crippen molar-refractivity contribution in [2.24, 2.45) is 0 Å². The molecule has 2 N–H and O–H groups in total. The number of rotatable bonds is 3. The van der Waals surface area contributed by atoms with Gasteiger partial charge in [0.25, 0.3) is 0 Å². The van der Waals surface area contributed by atoms with Crippen LogP contribution in [0.4, 0.5) is 5.69 Å². The first kappa shape index (κ1) is 12.3. The van der Waals surface area contributed by atoms with Gasteiger partial charge < -0.3 is 5.73 Å². The van der Waals surface area contributed by atoms with Crippen LogP contribution in [0.2, 0.25) is 0 Å². The minimum Gasteiger partial charge on any atom is -0.398 e. The fourth-order valence-electron chi connectivity index (χ4n) is 1.42. The molecule has 1 atom stereocenters. The fraction of sp³-hybridized carbons (Fsp3) is 0.0833. The van der Waals surface area contributed by atoms with Gasteiger partial charge in [0.15, 0.2) is 0 Å². The molecule has 0 saturated heterocycles. The maximum Gasteiger partial charge on any atom is 0.0632 e. The molecule has 0 aliphatic heterocycles. The van der Waals surface area contributed by atoms with Gasteiger partial charge >= 0.3 is 0 Å². The molecule has 0 saturated carbocycles. The summed E-state index contributed by atoms with van der Waals surface area (Å²) in [6.07, 6.45) is 3.41. The monoisotopic (exact) mass is 310 g/mol. The lowest BCUT2D eigenvalue weighted by molar-refractivity contribution is 0.683. The Kier molecular flexibility index (Phi) is 3.91. The number of nitrogens with two attached hydrogens (primary N) is 1. The van der Waals surface area contributed by atoms with E-state index in [1.165, 1.54) is 0 Å². The molecule has 2 aromatic rings. The van der Waals surface area contributed by atoms with Crippen LogP contribution in [0.15, 0.2) is 52.1 Å². The molecule has 2 rings (SSSR count). The van der Waals surface area contributed by atoms with Gasteiger partial charge in [0, 0.05) is 22.6 Å². The number of nitrogens with zero attached hydrogens (tertiary/aromatic N) is 1. The summed E-state index contributed by atoms with van der Waals surface area (Å²) in [6, 6.07) is 9.11. The van der Waals surface area contributed by atoms with E-state index in [1.54, 1.807) is 24.5 Å². The van der Waals surface area contributed by atoms with Crippen molar-refractivity contribution in [3.63, 3.8) is 0 Å². The summed E-state index contributed by atoms with van der Waals surface area (Å²) in [6.45, 7) is 0. The van der Waals surface area contributed by atoms with Crippen LogP contribution in [-0.2, 0) is 16.6 Å². The van der Waals surface area contributed by atoms with E-state index >= 15 is 0 Å². The normalized spacial score (nSPS) is 12.3. The zero-order valence-electron chi connectivity index (χ0n) is 8.97. The zero-order valence-corrected chi connectivity index (χ0v) is 11.4. The second kappa shape index (κ2) is 5.42. The lowest BCUT2D eigenvalue weighted by Crippen LogP contribution is -2.01. The van der Waals surface area contributed by atoms with E-state index in [1.807, 2.05) is 18.2 Å². The van der Waals surface area contributed by atoms with Gasteiger partial charge in [-0.05, 0) is 29.8 Å². The first-order valence-corrected chi connectivity index (χ1v) is 7.10. The summed E-state index contributed by atoms with van der Waals surface area (Å²) in [5, 5.41) is 0. The predicted octanol–water partition coefficient (Wildman–Crippen LogP) is 2.73. The van der Waals surface area contributed by atoms with Gasteiger partial charge in [0.1, 0.15) is 0 Å². The number of hydrogen-bond donors (Lipinski definition) is 1. The van der Waals surface area contributed by atoms with Gasteiger partial charge in [0.05, 0.1) is 21.4 Å². The topological polar surface area (TPSA) is 56.0 Å². The highest BCUT2D eigenvalue weighted by Gasteiger charge is 2.09. The Bertz CT molecular complexity index is 545. The molecule has 0 aliphatic rings. The molecule has 0 bridgehead atoms. The standard InChI is InChI=1S/C12H11BrN2OS/c13-10-3-4-11(14)12(6-10)17(16)8-9-2-1-5-15-7-9/h1-7H,8,14H2. The van der Waals surface area contributed by atoms with Crippen molar-refractivity contribution in [3.8, 4) is 0 Å². The second-order valence-corrected chi connectivity index (χ2v) is 5.87. The third-order valence-corrected chi connectivity index (χ3v) is 4.17. The molecule has 17 heavy (non-hydrogen) atoms. The molecular formula is C12H11BrN2OS. The van der Waals surface area contributed by atoms with Crippen LogP contribution in [0.5, 0.6) is 0 Å². The smallest absolute Gasteiger partial charge is 0.0632 e. The average molecular weight is 311 g/mol. The molecule has 0 amide bonds. The van der Waals surface area contributed by atoms with Crippen molar-refractivity contribution >= 4 is 32.4 Å². The molecule has 1 aromatic carbocycles. The Labute approximate surface area is 111 Å². The lowest BCUT2D eigenvalue weighted by Gasteiger charge is -2.06. The van der Waals surface area contributed by atoms with Gasteiger partial charge in [-0.1, -0.05) is 22.0 Å². The molecule has 0 fully saturated rings. The second-order valence-electron chi connectivity index (χ2n) is 3.53. The number of pyridine rings is 1. The first-order valence-electron chi connectivity index (χ1n) is 4.99. The molecule has 1 unspecified atom stereocenters. The Morgan fingerprint density at radius 1 is 1.35 bits per heavy atom. The highest BCUT2D eigenvalue weighted by Crippen LogP contribution is 2.23. The van der Waals surface area contributed by atoms with Crippen molar-refractivity contribution in [2.75, 3.05) is 5.73 Å². The summed E-state index contributed by atoms with van der Waals surface area (Å²) >= 11 is 3.35. The average Bonchev–Trinajstić information content (AvgIpc) is 2.33. The van der Waals surface area contributed by atoms with Crippen LogP contribution in [0.25, 0.3) is 0 Å². The van der Waals surface area contributed by atoms with Crippen LogP contribution >= 0.6 is 15.9 Å². The van der Waals surface area contributed by atoms with Gasteiger partial charge in [-0.25, -0.2) is 0 Å². The molecular weight excluding hydrogens is 300 g/mol. The van der Waals surface area contributed by atoms with Gasteiger partial charge in [-0.15, -0.1) is 0 Å². The van der Waals surface area contributed by atoms with Crippen LogP contribution in [0.1, 0.15) is 5.56 Å². The molecule has 5 heteroatoms. The highest BCUT2D eigenvalue weighted by molar-refractivity contribution is 9.10. The number of aromatic nitrogens is 1. The highest BCUT2D eigenvalue weighted by atomic mass is 79.9. The Morgan fingerprint density at radius 2 is 2.18 bits per heavy atom. The Morgan fingerprint density at radius 3 is 2.88 bits per heavy atom. The van der Waals surface area contributed by atoms with E-state index in [0.717, 1.165) is 10.0 Å². The summed E-state index contributed by atoms with van der Waals surface area (Å²) < 4.78 is 13.0. The number of halogens is 1. The van der Waals surface area contributed by atoms with Crippen LogP contribution in [0, 0.1) is 0 Å². The maximum atomic E-state index is 12.2. The van der Waals surface area contributed by atoms with E-state index in [0.29, 0.717) is 16.3 Å². The Hall–Kier alpha value is -1.20. The number of nitrogen functional groups attached to an aromatic ring is 1. The van der Waals surface area contributed by atoms with Crippen molar-refractivity contribution in [1.29, 1.82) is 0 Å². The third kappa shape index (κ3) is 3.14. The van der Waals surface area contributed by atoms with Crippen LogP contribution < -0.4 is 5.73 Å². The third-order valence-electron chi connectivity index (χ3n) is 2.24. The fourth-order valence-corrected chi connectivity index (χ4v) is 3.15. The predicted molar refractivity (Wildman–Crippen MR) is 72.9 cm³/mol. The van der Waals surface area contributed by atoms with Gasteiger partial charge in [-0.2, -0.15) is 0 Å². The summed E-state index contributed by atoms with van der Waals surface area (Å²) in [7, 11) is -1.15. The molecule has 1 aromatic heterocycles. The maximum absolute atomic E-state index is 12.2. The lowest BCUT2D eigenvalue weighted by atomic mass is 10.3. The number of benzene rings is 1. The number of hydrogen-bond acceptors (Lipinski definition) is 3. The Balaban J connectivity index is 2.23. The van der Waals surface area contributed by atoms with E-state index in [-0.39, 0.29) is 0 Å². The summed E-state index contributed by atoms with van der Waals surface area (Å²) in [4.78, 5) is 4.65. The molecule has 0 spiro atoms. The largest absolute Gasteiger partial charge is 0.398 e. The van der Waals surface area contributed by atoms with Crippen molar-refractivity contribution in [2.45, 2.75) is 10.6 Å². The zero-order chi connectivity index (χ0) is 12.3.